The zero-order chi connectivity index (χ0) is 17.0. The van der Waals surface area contributed by atoms with Crippen molar-refractivity contribution in [2.75, 3.05) is 0 Å². The summed E-state index contributed by atoms with van der Waals surface area (Å²) in [5.74, 6) is 0.0818. The van der Waals surface area contributed by atoms with Crippen molar-refractivity contribution in [1.82, 2.24) is 5.32 Å². The largest absolute Gasteiger partial charge is 0.349 e. The molecule has 1 unspecified atom stereocenters. The van der Waals surface area contributed by atoms with Crippen LogP contribution < -0.4 is 5.32 Å². The Morgan fingerprint density at radius 3 is 2.09 bits per heavy atom. The molecule has 0 spiro atoms. The van der Waals surface area contributed by atoms with Crippen molar-refractivity contribution >= 4 is 5.91 Å². The van der Waals surface area contributed by atoms with Crippen LogP contribution in [0.15, 0.2) is 36.4 Å². The van der Waals surface area contributed by atoms with E-state index < -0.39 is 0 Å². The highest BCUT2D eigenvalue weighted by Crippen LogP contribution is 2.20. The summed E-state index contributed by atoms with van der Waals surface area (Å²) in [5.41, 5.74) is 7.30. The van der Waals surface area contributed by atoms with Gasteiger partial charge in [0.2, 0.25) is 5.91 Å². The van der Waals surface area contributed by atoms with Crippen LogP contribution >= 0.6 is 0 Å². The lowest BCUT2D eigenvalue weighted by Crippen LogP contribution is -2.29. The second kappa shape index (κ2) is 7.45. The monoisotopic (exact) mass is 309 g/mol. The van der Waals surface area contributed by atoms with Crippen molar-refractivity contribution in [2.45, 2.75) is 53.5 Å². The van der Waals surface area contributed by atoms with E-state index >= 15 is 0 Å². The Kier molecular flexibility index (Phi) is 5.59. The molecule has 0 saturated heterocycles. The molecule has 1 amide bonds. The lowest BCUT2D eigenvalue weighted by atomic mass is 9.99. The quantitative estimate of drug-likeness (QED) is 0.850. The van der Waals surface area contributed by atoms with Gasteiger partial charge in [-0.1, -0.05) is 43.3 Å². The number of carbonyl (C=O) groups excluding carboxylic acids is 1. The van der Waals surface area contributed by atoms with Gasteiger partial charge in [-0.25, -0.2) is 0 Å². The molecule has 122 valence electrons. The minimum atomic E-state index is 0.0772. The number of aryl methyl sites for hydroxylation is 4. The van der Waals surface area contributed by atoms with Crippen molar-refractivity contribution in [3.05, 3.63) is 69.8 Å². The van der Waals surface area contributed by atoms with Gasteiger partial charge in [0, 0.05) is 0 Å². The molecule has 2 aromatic carbocycles. The zero-order valence-corrected chi connectivity index (χ0v) is 14.9. The molecule has 1 atom stereocenters. The SMILES string of the molecule is CCC(NC(=O)Cc1ccc(C)c(C)c1)c1ccc(C)c(C)c1. The van der Waals surface area contributed by atoms with Gasteiger partial charge >= 0.3 is 0 Å². The molecule has 0 aromatic heterocycles. The molecular formula is C21H27NO. The molecule has 2 aromatic rings. The third-order valence-electron chi connectivity index (χ3n) is 4.61. The first-order valence-corrected chi connectivity index (χ1v) is 8.33. The normalized spacial score (nSPS) is 12.0. The lowest BCUT2D eigenvalue weighted by molar-refractivity contribution is -0.121. The average Bonchev–Trinajstić information content (AvgIpc) is 2.51. The molecule has 0 aliphatic rings. The molecule has 2 rings (SSSR count). The molecule has 0 aliphatic heterocycles. The van der Waals surface area contributed by atoms with E-state index in [0.29, 0.717) is 6.42 Å². The fourth-order valence-electron chi connectivity index (χ4n) is 2.75. The van der Waals surface area contributed by atoms with Crippen LogP contribution in [0.3, 0.4) is 0 Å². The molecule has 2 nitrogen and oxygen atoms in total. The first-order chi connectivity index (χ1) is 10.9. The van der Waals surface area contributed by atoms with Crippen LogP contribution in [-0.2, 0) is 11.2 Å². The highest BCUT2D eigenvalue weighted by molar-refractivity contribution is 5.79. The summed E-state index contributed by atoms with van der Waals surface area (Å²) in [5, 5.41) is 3.17. The molecule has 2 heteroatoms. The van der Waals surface area contributed by atoms with E-state index in [9.17, 15) is 4.79 Å². The Balaban J connectivity index is 2.07. The van der Waals surface area contributed by atoms with Gasteiger partial charge < -0.3 is 5.32 Å². The number of carbonyl (C=O) groups is 1. The van der Waals surface area contributed by atoms with E-state index in [4.69, 9.17) is 0 Å². The van der Waals surface area contributed by atoms with Crippen molar-refractivity contribution < 1.29 is 4.79 Å². The van der Waals surface area contributed by atoms with Gasteiger partial charge in [-0.15, -0.1) is 0 Å². The van der Waals surface area contributed by atoms with Gasteiger partial charge in [-0.3, -0.25) is 4.79 Å². The standard InChI is InChI=1S/C21H27NO/c1-6-20(19-10-8-15(3)17(5)12-19)22-21(23)13-18-9-7-14(2)16(4)11-18/h7-12,20H,6,13H2,1-5H3,(H,22,23). The number of amides is 1. The van der Waals surface area contributed by atoms with E-state index in [1.807, 2.05) is 6.07 Å². The Morgan fingerprint density at radius 1 is 0.913 bits per heavy atom. The summed E-state index contributed by atoms with van der Waals surface area (Å²) < 4.78 is 0. The van der Waals surface area contributed by atoms with Crippen LogP contribution in [0, 0.1) is 27.7 Å². The summed E-state index contributed by atoms with van der Waals surface area (Å²) in [6.07, 6.45) is 1.32. The molecule has 23 heavy (non-hydrogen) atoms. The molecule has 0 bridgehead atoms. The Morgan fingerprint density at radius 2 is 1.52 bits per heavy atom. The second-order valence-corrected chi connectivity index (χ2v) is 6.47. The number of nitrogens with one attached hydrogen (secondary N) is 1. The third-order valence-corrected chi connectivity index (χ3v) is 4.61. The van der Waals surface area contributed by atoms with E-state index in [0.717, 1.165) is 12.0 Å². The zero-order valence-electron chi connectivity index (χ0n) is 14.9. The van der Waals surface area contributed by atoms with E-state index in [2.05, 4.69) is 70.3 Å². The van der Waals surface area contributed by atoms with Gasteiger partial charge in [0.05, 0.1) is 12.5 Å². The maximum atomic E-state index is 12.4. The van der Waals surface area contributed by atoms with E-state index in [1.54, 1.807) is 0 Å². The molecule has 0 saturated carbocycles. The van der Waals surface area contributed by atoms with Crippen molar-refractivity contribution in [3.8, 4) is 0 Å². The summed E-state index contributed by atoms with van der Waals surface area (Å²) in [6, 6.07) is 12.7. The van der Waals surface area contributed by atoms with Crippen LogP contribution in [0.2, 0.25) is 0 Å². The Labute approximate surface area is 139 Å². The maximum absolute atomic E-state index is 12.4. The fourth-order valence-corrected chi connectivity index (χ4v) is 2.75. The first kappa shape index (κ1) is 17.3. The lowest BCUT2D eigenvalue weighted by Gasteiger charge is -2.19. The summed E-state index contributed by atoms with van der Waals surface area (Å²) in [4.78, 5) is 12.4. The predicted molar refractivity (Wildman–Crippen MR) is 96.7 cm³/mol. The molecule has 0 radical (unpaired) electrons. The minimum Gasteiger partial charge on any atom is -0.349 e. The number of benzene rings is 2. The van der Waals surface area contributed by atoms with Crippen LogP contribution in [0.4, 0.5) is 0 Å². The molecule has 1 N–H and O–H groups in total. The second-order valence-electron chi connectivity index (χ2n) is 6.47. The number of rotatable bonds is 5. The van der Waals surface area contributed by atoms with Crippen LogP contribution in [0.5, 0.6) is 0 Å². The van der Waals surface area contributed by atoms with Crippen LogP contribution in [0.1, 0.15) is 52.8 Å². The average molecular weight is 309 g/mol. The first-order valence-electron chi connectivity index (χ1n) is 8.33. The molecule has 0 heterocycles. The van der Waals surface area contributed by atoms with Gasteiger partial charge in [0.25, 0.3) is 0 Å². The van der Waals surface area contributed by atoms with Crippen molar-refractivity contribution in [3.63, 3.8) is 0 Å². The molecule has 0 fully saturated rings. The maximum Gasteiger partial charge on any atom is 0.224 e. The molecular weight excluding hydrogens is 282 g/mol. The third kappa shape index (κ3) is 4.44. The fraction of sp³-hybridized carbons (Fsp3) is 0.381. The van der Waals surface area contributed by atoms with Gasteiger partial charge in [-0.05, 0) is 67.5 Å². The van der Waals surface area contributed by atoms with Gasteiger partial charge in [0.1, 0.15) is 0 Å². The number of hydrogen-bond acceptors (Lipinski definition) is 1. The van der Waals surface area contributed by atoms with Crippen molar-refractivity contribution in [2.24, 2.45) is 0 Å². The van der Waals surface area contributed by atoms with Gasteiger partial charge in [0.15, 0.2) is 0 Å². The highest BCUT2D eigenvalue weighted by Gasteiger charge is 2.14. The van der Waals surface area contributed by atoms with Gasteiger partial charge in [-0.2, -0.15) is 0 Å². The number of hydrogen-bond donors (Lipinski definition) is 1. The van der Waals surface area contributed by atoms with E-state index in [-0.39, 0.29) is 11.9 Å². The predicted octanol–water partition coefficient (Wildman–Crippen LogP) is 4.73. The van der Waals surface area contributed by atoms with E-state index in [1.165, 1.54) is 27.8 Å². The Hall–Kier alpha value is -2.09. The van der Waals surface area contributed by atoms with Crippen LogP contribution in [0.25, 0.3) is 0 Å². The smallest absolute Gasteiger partial charge is 0.224 e. The van der Waals surface area contributed by atoms with Crippen molar-refractivity contribution in [1.29, 1.82) is 0 Å². The Bertz CT molecular complexity index is 703. The summed E-state index contributed by atoms with van der Waals surface area (Å²) >= 11 is 0. The highest BCUT2D eigenvalue weighted by atomic mass is 16.1. The summed E-state index contributed by atoms with van der Waals surface area (Å²) in [7, 11) is 0. The summed E-state index contributed by atoms with van der Waals surface area (Å²) in [6.45, 7) is 10.5. The molecule has 0 aliphatic carbocycles. The van der Waals surface area contributed by atoms with Crippen LogP contribution in [-0.4, -0.2) is 5.91 Å². The minimum absolute atomic E-state index is 0.0772. The topological polar surface area (TPSA) is 29.1 Å².